The number of carbonyl (C=O) groups is 2. The minimum atomic E-state index is -4.21. The van der Waals surface area contributed by atoms with Crippen LogP contribution in [0.1, 0.15) is 37.4 Å². The number of fused-ring (bicyclic) bond motifs is 4. The maximum absolute atomic E-state index is 13.9. The van der Waals surface area contributed by atoms with E-state index in [1.165, 1.54) is 83.5 Å². The Morgan fingerprint density at radius 1 is 0.506 bits per heavy atom. The second kappa shape index (κ2) is 25.9. The molecule has 4 aromatic heterocycles. The molecule has 6 aromatic carbocycles. The second-order valence-corrected chi connectivity index (χ2v) is 28.1. The average Bonchev–Trinajstić information content (AvgIpc) is 4.23. The molecular formula is C45H24F8N4O11S11. The number of rotatable bonds is 16. The van der Waals surface area contributed by atoms with Crippen molar-refractivity contribution in [2.45, 2.75) is 52.2 Å². The van der Waals surface area contributed by atoms with E-state index in [-0.39, 0.29) is 38.7 Å². The molecule has 34 heteroatoms. The Hall–Kier alpha value is -4.89. The van der Waals surface area contributed by atoms with E-state index in [0.717, 1.165) is 52.8 Å². The van der Waals surface area contributed by atoms with E-state index >= 15 is 0 Å². The van der Waals surface area contributed by atoms with Gasteiger partial charge in [-0.25, -0.2) is 74.4 Å². The van der Waals surface area contributed by atoms with Crippen molar-refractivity contribution in [1.29, 1.82) is 0 Å². The van der Waals surface area contributed by atoms with Gasteiger partial charge < -0.3 is 10.2 Å². The fraction of sp³-hybridized carbons (Fsp3) is 0.0667. The van der Waals surface area contributed by atoms with Crippen molar-refractivity contribution in [2.24, 2.45) is 0 Å². The van der Waals surface area contributed by atoms with Crippen LogP contribution >= 0.6 is 110 Å². The Morgan fingerprint density at radius 2 is 0.911 bits per heavy atom. The summed E-state index contributed by atoms with van der Waals surface area (Å²) in [7, 11) is 1.14. The Kier molecular flexibility index (Phi) is 19.8. The van der Waals surface area contributed by atoms with Crippen LogP contribution in [0.15, 0.2) is 105 Å². The topological polar surface area (TPSA) is 239 Å². The number of nitrogens with zero attached hydrogens (tertiary/aromatic N) is 4. The molecule has 79 heavy (non-hydrogen) atoms. The van der Waals surface area contributed by atoms with Gasteiger partial charge >= 0.3 is 11.9 Å². The molecule has 0 fully saturated rings. The molecule has 15 nitrogen and oxygen atoms in total. The second-order valence-electron chi connectivity index (χ2n) is 15.2. The third kappa shape index (κ3) is 14.1. The molecule has 0 aliphatic rings. The number of aromatic carboxylic acids is 2. The molecule has 0 radical (unpaired) electrons. The first-order valence-electron chi connectivity index (χ1n) is 20.8. The molecular weight excluding hydrogens is 1280 g/mol. The predicted molar refractivity (Wildman–Crippen MR) is 289 cm³/mol. The fourth-order valence-electron chi connectivity index (χ4n) is 6.38. The van der Waals surface area contributed by atoms with Gasteiger partial charge in [-0.2, -0.15) is 8.42 Å². The highest BCUT2D eigenvalue weighted by Gasteiger charge is 2.32. The van der Waals surface area contributed by atoms with Crippen LogP contribution in [0.2, 0.25) is 0 Å². The third-order valence-electron chi connectivity index (χ3n) is 9.98. The molecule has 0 aliphatic carbocycles. The van der Waals surface area contributed by atoms with Crippen molar-refractivity contribution < 1.29 is 88.2 Å². The molecule has 0 atom stereocenters. The smallest absolute Gasteiger partial charge is 0.341 e. The van der Waals surface area contributed by atoms with Gasteiger partial charge in [0.1, 0.15) is 18.8 Å². The summed E-state index contributed by atoms with van der Waals surface area (Å²) in [5.41, 5.74) is 2.12. The molecule has 10 aromatic rings. The van der Waals surface area contributed by atoms with Gasteiger partial charge in [-0.15, -0.1) is 45.3 Å². The normalized spacial score (nSPS) is 11.6. The van der Waals surface area contributed by atoms with E-state index in [0.29, 0.717) is 11.0 Å². The summed E-state index contributed by atoms with van der Waals surface area (Å²) in [5, 5.41) is 34.3. The number of hydrogen-bond donors (Lipinski definition) is 5. The number of carboxylic acid groups (broad SMARTS) is 2. The summed E-state index contributed by atoms with van der Waals surface area (Å²) in [6, 6.07) is 21.3. The first kappa shape index (κ1) is 60.2. The Morgan fingerprint density at radius 3 is 1.35 bits per heavy atom. The molecule has 0 bridgehead atoms. The molecule has 0 aliphatic heterocycles. The highest BCUT2D eigenvalue weighted by atomic mass is 33.1. The summed E-state index contributed by atoms with van der Waals surface area (Å²) in [5.74, 6) is -20.3. The van der Waals surface area contributed by atoms with Crippen LogP contribution in [0.5, 0.6) is 0 Å². The number of carboxylic acids is 2. The zero-order valence-electron chi connectivity index (χ0n) is 38.3. The summed E-state index contributed by atoms with van der Waals surface area (Å²) in [4.78, 5) is 44.3. The Bertz CT molecular complexity index is 4060. The summed E-state index contributed by atoms with van der Waals surface area (Å²) >= 11 is 6.22. The van der Waals surface area contributed by atoms with Gasteiger partial charge in [-0.05, 0) is 143 Å². The number of benzene rings is 6. The lowest BCUT2D eigenvalue weighted by molar-refractivity contribution is -0.254. The molecule has 0 amide bonds. The van der Waals surface area contributed by atoms with Gasteiger partial charge in [0.05, 0.1) is 66.7 Å². The van der Waals surface area contributed by atoms with E-state index in [1.54, 1.807) is 46.9 Å². The number of aromatic nitrogens is 4. The van der Waals surface area contributed by atoms with E-state index in [9.17, 15) is 53.1 Å². The number of aryl methyl sites for hydroxylation is 1. The quantitative estimate of drug-likeness (QED) is 0.0151. The lowest BCUT2D eigenvalue weighted by atomic mass is 10.2. The first-order chi connectivity index (χ1) is 37.5. The van der Waals surface area contributed by atoms with E-state index in [1.807, 2.05) is 25.1 Å². The first-order valence-corrected chi connectivity index (χ1v) is 32.0. The lowest BCUT2D eigenvalue weighted by Gasteiger charge is -2.12. The van der Waals surface area contributed by atoms with Gasteiger partial charge in [0.2, 0.25) is 0 Å². The van der Waals surface area contributed by atoms with E-state index in [2.05, 4.69) is 47.9 Å². The van der Waals surface area contributed by atoms with Crippen LogP contribution in [0.25, 0.3) is 40.9 Å². The number of halogens is 8. The van der Waals surface area contributed by atoms with Crippen LogP contribution in [-0.4, -0.2) is 65.6 Å². The van der Waals surface area contributed by atoms with Gasteiger partial charge in [0.25, 0.3) is 10.1 Å². The molecule has 4 heterocycles. The highest BCUT2D eigenvalue weighted by molar-refractivity contribution is 8.77. The van der Waals surface area contributed by atoms with Gasteiger partial charge in [-0.1, -0.05) is 12.1 Å². The lowest BCUT2D eigenvalue weighted by Crippen LogP contribution is -2.11. The minimum absolute atomic E-state index is 0.134. The standard InChI is InChI=1S/C16H10N2O4S4.C15H10N2O3S5.C14H4F8O4S2/c19-14(20)9-2-4-13-11(6-9)18-16(24-13)26-25-15-17-10-5-8(7-22-21)1-3-12(10)23-15;1-8-2-4-12-10(6-8)16-14(21-12)23-24-15-17-11-7-9(25(18,19)20)3-5-13(11)22-15;15-4-2(1-26-25)5(16)9(20)12(8(4)19)27-28-13-10(21)6(17)3(14(23)24)7(18)11(13)22/h1-6,21H,7H2,(H,19,20);2-7H,1H3,(H,18,19,20);25H,1H2,(H,23,24). The summed E-state index contributed by atoms with van der Waals surface area (Å²) < 4.78 is 149. The average molecular weight is 1300 g/mol. The van der Waals surface area contributed by atoms with Crippen molar-refractivity contribution in [3.63, 3.8) is 0 Å². The third-order valence-corrected chi connectivity index (χ3v) is 23.3. The van der Waals surface area contributed by atoms with Crippen LogP contribution in [0, 0.1) is 53.5 Å². The van der Waals surface area contributed by atoms with Gasteiger partial charge in [0, 0.05) is 0 Å². The van der Waals surface area contributed by atoms with Gasteiger partial charge in [-0.3, -0.25) is 15.1 Å². The van der Waals surface area contributed by atoms with Crippen molar-refractivity contribution >= 4 is 173 Å². The van der Waals surface area contributed by atoms with E-state index < -0.39 is 96.1 Å². The molecule has 5 N–H and O–H groups in total. The zero-order valence-corrected chi connectivity index (χ0v) is 47.3. The van der Waals surface area contributed by atoms with Crippen LogP contribution in [0.3, 0.4) is 0 Å². The highest BCUT2D eigenvalue weighted by Crippen LogP contribution is 2.47. The largest absolute Gasteiger partial charge is 0.478 e. The van der Waals surface area contributed by atoms with Crippen LogP contribution in [0.4, 0.5) is 35.1 Å². The number of thiazole rings is 4. The number of hydrogen-bond acceptors (Lipinski definition) is 22. The molecule has 0 saturated carbocycles. The summed E-state index contributed by atoms with van der Waals surface area (Å²) in [6.45, 7) is 0.914. The predicted octanol–water partition coefficient (Wildman–Crippen LogP) is 15.9. The van der Waals surface area contributed by atoms with Crippen LogP contribution in [-0.2, 0) is 33.1 Å². The Labute approximate surface area is 476 Å². The van der Waals surface area contributed by atoms with Crippen molar-refractivity contribution in [3.05, 3.63) is 147 Å². The van der Waals surface area contributed by atoms with Crippen molar-refractivity contribution in [2.75, 3.05) is 0 Å². The van der Waals surface area contributed by atoms with Crippen molar-refractivity contribution in [1.82, 2.24) is 19.9 Å². The monoisotopic (exact) mass is 1300 g/mol. The molecule has 412 valence electrons. The Balaban J connectivity index is 0.000000156. The molecule has 0 spiro atoms. The minimum Gasteiger partial charge on any atom is -0.478 e. The molecule has 10 rings (SSSR count). The molecule has 0 saturated heterocycles. The fourth-order valence-corrected chi connectivity index (χ4v) is 18.0. The van der Waals surface area contributed by atoms with Crippen molar-refractivity contribution in [3.8, 4) is 0 Å². The zero-order chi connectivity index (χ0) is 57.0. The summed E-state index contributed by atoms with van der Waals surface area (Å²) in [6.07, 6.45) is 0. The maximum Gasteiger partial charge on any atom is 0.341 e. The maximum atomic E-state index is 13.9. The van der Waals surface area contributed by atoms with Crippen LogP contribution < -0.4 is 0 Å². The van der Waals surface area contributed by atoms with E-state index in [4.69, 9.17) is 25.3 Å². The van der Waals surface area contributed by atoms with Gasteiger partial charge in [0.15, 0.2) is 63.9 Å². The SMILES string of the molecule is Cc1ccc2sc(SSc3nc4cc(S(=O)(=O)O)ccc4s3)nc2c1.O=C(O)c1c(F)c(F)c(SSc2c(F)c(F)c(COO)c(F)c2F)c(F)c1F.O=C(O)c1ccc2sc(SSc3nc4cc(COO)ccc4s3)nc2c1. The molecule has 0 unspecified atom stereocenters.